The lowest BCUT2D eigenvalue weighted by molar-refractivity contribution is -0.122. The molecule has 7 heteroatoms. The van der Waals surface area contributed by atoms with Crippen LogP contribution in [0.1, 0.15) is 5.56 Å². The summed E-state index contributed by atoms with van der Waals surface area (Å²) < 4.78 is 10.2. The Morgan fingerprint density at radius 1 is 1.38 bits per heavy atom. The molecule has 7 nitrogen and oxygen atoms in total. The molecule has 0 aliphatic carbocycles. The Morgan fingerprint density at radius 2 is 2.19 bits per heavy atom. The number of aromatic amines is 1. The van der Waals surface area contributed by atoms with Crippen molar-refractivity contribution in [2.75, 3.05) is 20.3 Å². The highest BCUT2D eigenvalue weighted by atomic mass is 16.5. The van der Waals surface area contributed by atoms with Gasteiger partial charge in [-0.05, 0) is 11.6 Å². The van der Waals surface area contributed by atoms with Crippen LogP contribution in [0.5, 0.6) is 5.75 Å². The van der Waals surface area contributed by atoms with Crippen LogP contribution in [0.15, 0.2) is 24.4 Å². The van der Waals surface area contributed by atoms with Crippen molar-refractivity contribution in [3.63, 3.8) is 0 Å². The number of nitrogens with two attached hydrogens (primary N) is 1. The van der Waals surface area contributed by atoms with Gasteiger partial charge in [-0.25, -0.2) is 4.79 Å². The molecule has 0 saturated heterocycles. The quantitative estimate of drug-likeness (QED) is 0.736. The van der Waals surface area contributed by atoms with Crippen LogP contribution in [0.3, 0.4) is 0 Å². The Labute approximate surface area is 121 Å². The van der Waals surface area contributed by atoms with E-state index in [9.17, 15) is 9.59 Å². The number of rotatable bonds is 6. The lowest BCUT2D eigenvalue weighted by Gasteiger charge is -2.06. The van der Waals surface area contributed by atoms with Crippen molar-refractivity contribution >= 4 is 22.9 Å². The van der Waals surface area contributed by atoms with Crippen LogP contribution in [0.4, 0.5) is 4.79 Å². The minimum Gasteiger partial charge on any atom is -0.482 e. The molecule has 0 bridgehead atoms. The van der Waals surface area contributed by atoms with Crippen molar-refractivity contribution in [3.8, 4) is 5.75 Å². The second-order valence-corrected chi connectivity index (χ2v) is 4.37. The number of H-pyrrole nitrogens is 1. The zero-order chi connectivity index (χ0) is 15.2. The first-order valence-corrected chi connectivity index (χ1v) is 6.46. The molecule has 0 aliphatic heterocycles. The Morgan fingerprint density at radius 3 is 2.90 bits per heavy atom. The van der Waals surface area contributed by atoms with Gasteiger partial charge in [-0.15, -0.1) is 0 Å². The maximum absolute atomic E-state index is 11.2. The van der Waals surface area contributed by atoms with Crippen LogP contribution in [0.25, 0.3) is 10.9 Å². The topological polar surface area (TPSA) is 106 Å². The van der Waals surface area contributed by atoms with E-state index in [2.05, 4.69) is 10.3 Å². The summed E-state index contributed by atoms with van der Waals surface area (Å²) in [7, 11) is 1.55. The van der Waals surface area contributed by atoms with Crippen LogP contribution >= 0.6 is 0 Å². The van der Waals surface area contributed by atoms with Crippen LogP contribution < -0.4 is 15.8 Å². The molecule has 2 amide bonds. The second kappa shape index (κ2) is 6.65. The minimum atomic E-state index is -0.788. The van der Waals surface area contributed by atoms with Gasteiger partial charge < -0.3 is 25.5 Å². The number of primary amides is 1. The third-order valence-electron chi connectivity index (χ3n) is 3.02. The van der Waals surface area contributed by atoms with Gasteiger partial charge >= 0.3 is 6.09 Å². The predicted octanol–water partition coefficient (Wildman–Crippen LogP) is 0.930. The number of aromatic nitrogens is 1. The van der Waals surface area contributed by atoms with Crippen molar-refractivity contribution in [1.82, 2.24) is 10.3 Å². The summed E-state index contributed by atoms with van der Waals surface area (Å²) in [4.78, 5) is 24.9. The molecule has 1 aromatic carbocycles. The lowest BCUT2D eigenvalue weighted by Crippen LogP contribution is -2.24. The number of carbonyl (C=O) groups is 2. The fraction of sp³-hybridized carbons (Fsp3) is 0.286. The molecule has 21 heavy (non-hydrogen) atoms. The molecular weight excluding hydrogens is 274 g/mol. The number of ether oxygens (including phenoxy) is 2. The molecule has 0 spiro atoms. The highest BCUT2D eigenvalue weighted by Gasteiger charge is 2.10. The third-order valence-corrected chi connectivity index (χ3v) is 3.02. The second-order valence-electron chi connectivity index (χ2n) is 4.37. The normalized spacial score (nSPS) is 10.3. The molecule has 0 aliphatic rings. The van der Waals surface area contributed by atoms with Crippen molar-refractivity contribution in [2.24, 2.45) is 5.73 Å². The number of benzene rings is 1. The average molecular weight is 291 g/mol. The van der Waals surface area contributed by atoms with Crippen LogP contribution in [0, 0.1) is 0 Å². The van der Waals surface area contributed by atoms with Gasteiger partial charge in [0.1, 0.15) is 5.75 Å². The zero-order valence-corrected chi connectivity index (χ0v) is 11.6. The largest absolute Gasteiger partial charge is 0.482 e. The SMILES string of the molecule is CNC(=O)COc1cccc2c(CCOC(N)=O)c[nH]c12. The molecule has 4 N–H and O–H groups in total. The van der Waals surface area contributed by atoms with Gasteiger partial charge in [0.2, 0.25) is 0 Å². The van der Waals surface area contributed by atoms with Crippen molar-refractivity contribution in [1.29, 1.82) is 0 Å². The predicted molar refractivity (Wildman–Crippen MR) is 77.1 cm³/mol. The van der Waals surface area contributed by atoms with E-state index in [1.807, 2.05) is 18.3 Å². The van der Waals surface area contributed by atoms with Gasteiger partial charge in [-0.1, -0.05) is 12.1 Å². The van der Waals surface area contributed by atoms with Crippen molar-refractivity contribution < 1.29 is 19.1 Å². The summed E-state index contributed by atoms with van der Waals surface area (Å²) in [6.07, 6.45) is 1.58. The Balaban J connectivity index is 2.12. The summed E-state index contributed by atoms with van der Waals surface area (Å²) in [6.45, 7) is 0.167. The number of hydrogen-bond acceptors (Lipinski definition) is 4. The van der Waals surface area contributed by atoms with Gasteiger partial charge in [0, 0.05) is 25.1 Å². The summed E-state index contributed by atoms with van der Waals surface area (Å²) in [5.74, 6) is 0.395. The smallest absolute Gasteiger partial charge is 0.404 e. The van der Waals surface area contributed by atoms with Crippen LogP contribution in [0.2, 0.25) is 0 Å². The van der Waals surface area contributed by atoms with Gasteiger partial charge in [-0.3, -0.25) is 4.79 Å². The number of carbonyl (C=O) groups excluding carboxylic acids is 2. The average Bonchev–Trinajstić information content (AvgIpc) is 2.88. The number of hydrogen-bond donors (Lipinski definition) is 3. The molecule has 1 heterocycles. The molecule has 0 radical (unpaired) electrons. The summed E-state index contributed by atoms with van der Waals surface area (Å²) in [5, 5.41) is 3.45. The molecule has 0 saturated carbocycles. The minimum absolute atomic E-state index is 0.0469. The zero-order valence-electron chi connectivity index (χ0n) is 11.6. The number of nitrogens with one attached hydrogen (secondary N) is 2. The first-order chi connectivity index (χ1) is 10.1. The number of amides is 2. The Kier molecular flexibility index (Phi) is 4.65. The number of likely N-dealkylation sites (N-methyl/N-ethyl adjacent to an activating group) is 1. The fourth-order valence-electron chi connectivity index (χ4n) is 1.99. The van der Waals surface area contributed by atoms with Crippen LogP contribution in [-0.2, 0) is 16.0 Å². The molecule has 0 atom stereocenters. The van der Waals surface area contributed by atoms with Crippen molar-refractivity contribution in [3.05, 3.63) is 30.0 Å². The third kappa shape index (κ3) is 3.65. The van der Waals surface area contributed by atoms with E-state index in [0.717, 1.165) is 16.5 Å². The Hall–Kier alpha value is -2.70. The monoisotopic (exact) mass is 291 g/mol. The van der Waals surface area contributed by atoms with E-state index in [1.54, 1.807) is 13.1 Å². The van der Waals surface area contributed by atoms with E-state index in [0.29, 0.717) is 12.2 Å². The first-order valence-electron chi connectivity index (χ1n) is 6.46. The molecular formula is C14H17N3O4. The van der Waals surface area contributed by atoms with Gasteiger partial charge in [0.05, 0.1) is 12.1 Å². The summed E-state index contributed by atoms with van der Waals surface area (Å²) in [5.41, 5.74) is 6.71. The maximum Gasteiger partial charge on any atom is 0.404 e. The fourth-order valence-corrected chi connectivity index (χ4v) is 1.99. The molecule has 2 aromatic rings. The number of fused-ring (bicyclic) bond motifs is 1. The van der Waals surface area contributed by atoms with Gasteiger partial charge in [-0.2, -0.15) is 0 Å². The molecule has 2 rings (SSSR count). The number of para-hydroxylation sites is 1. The highest BCUT2D eigenvalue weighted by Crippen LogP contribution is 2.27. The first kappa shape index (κ1) is 14.7. The molecule has 0 fully saturated rings. The standard InChI is InChI=1S/C14H17N3O4/c1-16-12(18)8-21-11-4-2-3-10-9(7-17-13(10)11)5-6-20-14(15)19/h2-4,7,17H,5-6,8H2,1H3,(H2,15,19)(H,16,18). The van der Waals surface area contributed by atoms with Gasteiger partial charge in [0.15, 0.2) is 6.61 Å². The highest BCUT2D eigenvalue weighted by molar-refractivity contribution is 5.88. The van der Waals surface area contributed by atoms with E-state index in [1.165, 1.54) is 0 Å². The van der Waals surface area contributed by atoms with Crippen LogP contribution in [-0.4, -0.2) is 37.2 Å². The summed E-state index contributed by atoms with van der Waals surface area (Å²) >= 11 is 0. The van der Waals surface area contributed by atoms with Crippen molar-refractivity contribution in [2.45, 2.75) is 6.42 Å². The molecule has 1 aromatic heterocycles. The van der Waals surface area contributed by atoms with Gasteiger partial charge in [0.25, 0.3) is 5.91 Å². The summed E-state index contributed by atoms with van der Waals surface area (Å²) in [6, 6.07) is 5.55. The van der Waals surface area contributed by atoms with E-state index < -0.39 is 6.09 Å². The van der Waals surface area contributed by atoms with E-state index >= 15 is 0 Å². The Bertz CT molecular complexity index is 651. The maximum atomic E-state index is 11.2. The molecule has 0 unspecified atom stereocenters. The lowest BCUT2D eigenvalue weighted by atomic mass is 10.1. The molecule has 112 valence electrons. The van der Waals surface area contributed by atoms with E-state index in [4.69, 9.17) is 15.2 Å². The van der Waals surface area contributed by atoms with E-state index in [-0.39, 0.29) is 19.1 Å².